The molecule has 1 fully saturated rings. The molecule has 2 aliphatic carbocycles. The summed E-state index contributed by atoms with van der Waals surface area (Å²) in [6.45, 7) is 3.25. The molecule has 1 aromatic rings. The van der Waals surface area contributed by atoms with Gasteiger partial charge in [-0.05, 0) is 37.1 Å². The molecule has 0 amide bonds. The SMILES string of the molecule is C1=CC2CC1CC2CNCCn1ccnc1. The standard InChI is InChI=1S/C13H19N3/c1-2-12-7-11(1)8-13(12)9-14-3-5-16-6-4-15-10-16/h1-2,4,6,10-14H,3,5,7-9H2. The van der Waals surface area contributed by atoms with Crippen molar-refractivity contribution >= 4 is 0 Å². The van der Waals surface area contributed by atoms with Crippen molar-refractivity contribution in [3.05, 3.63) is 30.9 Å². The molecule has 0 saturated heterocycles. The number of aromatic nitrogens is 2. The number of allylic oxidation sites excluding steroid dienone is 2. The molecule has 3 heteroatoms. The average molecular weight is 217 g/mol. The number of hydrogen-bond donors (Lipinski definition) is 1. The molecule has 0 aliphatic heterocycles. The smallest absolute Gasteiger partial charge is 0.0946 e. The largest absolute Gasteiger partial charge is 0.336 e. The van der Waals surface area contributed by atoms with Gasteiger partial charge < -0.3 is 9.88 Å². The van der Waals surface area contributed by atoms with Gasteiger partial charge in [0.15, 0.2) is 0 Å². The number of hydrogen-bond acceptors (Lipinski definition) is 2. The van der Waals surface area contributed by atoms with Crippen LogP contribution in [0.4, 0.5) is 0 Å². The van der Waals surface area contributed by atoms with Crippen LogP contribution in [0.2, 0.25) is 0 Å². The minimum absolute atomic E-state index is 0.866. The van der Waals surface area contributed by atoms with Crippen molar-refractivity contribution in [3.8, 4) is 0 Å². The van der Waals surface area contributed by atoms with Crippen LogP contribution in [0.15, 0.2) is 30.9 Å². The molecule has 2 bridgehead atoms. The van der Waals surface area contributed by atoms with Crippen molar-refractivity contribution in [1.82, 2.24) is 14.9 Å². The monoisotopic (exact) mass is 217 g/mol. The van der Waals surface area contributed by atoms with Crippen LogP contribution in [-0.2, 0) is 6.54 Å². The minimum Gasteiger partial charge on any atom is -0.336 e. The zero-order chi connectivity index (χ0) is 10.8. The van der Waals surface area contributed by atoms with Gasteiger partial charge in [-0.25, -0.2) is 4.98 Å². The fraction of sp³-hybridized carbons (Fsp3) is 0.615. The van der Waals surface area contributed by atoms with E-state index in [2.05, 4.69) is 27.0 Å². The van der Waals surface area contributed by atoms with Crippen molar-refractivity contribution in [2.45, 2.75) is 19.4 Å². The summed E-state index contributed by atoms with van der Waals surface area (Å²) in [5.41, 5.74) is 0. The molecule has 3 unspecified atom stereocenters. The fourth-order valence-corrected chi connectivity index (χ4v) is 3.04. The fourth-order valence-electron chi connectivity index (χ4n) is 3.04. The lowest BCUT2D eigenvalue weighted by Crippen LogP contribution is -2.28. The van der Waals surface area contributed by atoms with E-state index in [1.807, 2.05) is 18.7 Å². The van der Waals surface area contributed by atoms with E-state index in [4.69, 9.17) is 0 Å². The van der Waals surface area contributed by atoms with Crippen LogP contribution in [-0.4, -0.2) is 22.6 Å². The second-order valence-corrected chi connectivity index (χ2v) is 5.04. The number of imidazole rings is 1. The highest BCUT2D eigenvalue weighted by Crippen LogP contribution is 2.42. The van der Waals surface area contributed by atoms with Gasteiger partial charge in [0.05, 0.1) is 6.33 Å². The Kier molecular flexibility index (Phi) is 2.79. The van der Waals surface area contributed by atoms with Crippen molar-refractivity contribution in [2.75, 3.05) is 13.1 Å². The van der Waals surface area contributed by atoms with E-state index in [1.54, 1.807) is 0 Å². The first kappa shape index (κ1) is 10.1. The Morgan fingerprint density at radius 1 is 1.31 bits per heavy atom. The Balaban J connectivity index is 1.37. The summed E-state index contributed by atoms with van der Waals surface area (Å²) in [7, 11) is 0. The minimum atomic E-state index is 0.866. The summed E-state index contributed by atoms with van der Waals surface area (Å²) in [5, 5.41) is 3.57. The molecule has 3 atom stereocenters. The summed E-state index contributed by atoms with van der Waals surface area (Å²) < 4.78 is 2.12. The maximum absolute atomic E-state index is 4.04. The van der Waals surface area contributed by atoms with E-state index in [0.717, 1.165) is 30.8 Å². The molecule has 16 heavy (non-hydrogen) atoms. The Morgan fingerprint density at radius 3 is 3.00 bits per heavy atom. The third-order valence-electron chi connectivity index (χ3n) is 3.93. The Hall–Kier alpha value is -1.09. The molecule has 0 spiro atoms. The van der Waals surface area contributed by atoms with Gasteiger partial charge in [0.25, 0.3) is 0 Å². The average Bonchev–Trinajstić information content (AvgIpc) is 3.01. The molecule has 3 nitrogen and oxygen atoms in total. The summed E-state index contributed by atoms with van der Waals surface area (Å²) in [5.74, 6) is 2.65. The third kappa shape index (κ3) is 2.05. The molecule has 3 rings (SSSR count). The number of fused-ring (bicyclic) bond motifs is 2. The summed E-state index contributed by atoms with van der Waals surface area (Å²) in [6.07, 6.45) is 13.4. The van der Waals surface area contributed by atoms with Gasteiger partial charge in [0.1, 0.15) is 0 Å². The lowest BCUT2D eigenvalue weighted by molar-refractivity contribution is 0.409. The van der Waals surface area contributed by atoms with Crippen LogP contribution in [0.25, 0.3) is 0 Å². The summed E-state index contributed by atoms with van der Waals surface area (Å²) in [4.78, 5) is 4.04. The number of rotatable bonds is 5. The number of nitrogens with one attached hydrogen (secondary N) is 1. The summed E-state index contributed by atoms with van der Waals surface area (Å²) >= 11 is 0. The van der Waals surface area contributed by atoms with E-state index in [1.165, 1.54) is 19.4 Å². The normalized spacial score (nSPS) is 31.4. The molecule has 1 saturated carbocycles. The third-order valence-corrected chi connectivity index (χ3v) is 3.93. The first-order chi connectivity index (χ1) is 7.92. The predicted molar refractivity (Wildman–Crippen MR) is 63.9 cm³/mol. The molecule has 1 aromatic heterocycles. The van der Waals surface area contributed by atoms with E-state index < -0.39 is 0 Å². The van der Waals surface area contributed by atoms with Crippen LogP contribution >= 0.6 is 0 Å². The lowest BCUT2D eigenvalue weighted by Gasteiger charge is -2.18. The van der Waals surface area contributed by atoms with Gasteiger partial charge in [0, 0.05) is 25.5 Å². The molecular formula is C13H19N3. The lowest BCUT2D eigenvalue weighted by atomic mass is 9.94. The summed E-state index contributed by atoms with van der Waals surface area (Å²) in [6, 6.07) is 0. The van der Waals surface area contributed by atoms with Gasteiger partial charge in [-0.15, -0.1) is 0 Å². The van der Waals surface area contributed by atoms with Crippen LogP contribution in [0.5, 0.6) is 0 Å². The molecule has 1 heterocycles. The molecule has 0 aromatic carbocycles. The Bertz CT molecular complexity index is 355. The highest BCUT2D eigenvalue weighted by molar-refractivity contribution is 5.10. The Labute approximate surface area is 96.6 Å². The topological polar surface area (TPSA) is 29.9 Å². The number of nitrogens with zero attached hydrogens (tertiary/aromatic N) is 2. The molecular weight excluding hydrogens is 198 g/mol. The zero-order valence-corrected chi connectivity index (χ0v) is 9.55. The Morgan fingerprint density at radius 2 is 2.31 bits per heavy atom. The quantitative estimate of drug-likeness (QED) is 0.601. The zero-order valence-electron chi connectivity index (χ0n) is 9.55. The van der Waals surface area contributed by atoms with Gasteiger partial charge in [-0.3, -0.25) is 0 Å². The molecule has 1 N–H and O–H groups in total. The van der Waals surface area contributed by atoms with Gasteiger partial charge in [0.2, 0.25) is 0 Å². The van der Waals surface area contributed by atoms with Crippen LogP contribution < -0.4 is 5.32 Å². The highest BCUT2D eigenvalue weighted by atomic mass is 15.0. The van der Waals surface area contributed by atoms with Crippen LogP contribution in [0.1, 0.15) is 12.8 Å². The maximum atomic E-state index is 4.04. The van der Waals surface area contributed by atoms with Gasteiger partial charge in [-0.1, -0.05) is 12.2 Å². The maximum Gasteiger partial charge on any atom is 0.0946 e. The van der Waals surface area contributed by atoms with E-state index >= 15 is 0 Å². The molecule has 86 valence electrons. The molecule has 0 radical (unpaired) electrons. The highest BCUT2D eigenvalue weighted by Gasteiger charge is 2.34. The second-order valence-electron chi connectivity index (χ2n) is 5.04. The van der Waals surface area contributed by atoms with Gasteiger partial charge >= 0.3 is 0 Å². The first-order valence-corrected chi connectivity index (χ1v) is 6.26. The van der Waals surface area contributed by atoms with E-state index in [0.29, 0.717) is 0 Å². The second kappa shape index (κ2) is 4.42. The van der Waals surface area contributed by atoms with Crippen LogP contribution in [0.3, 0.4) is 0 Å². The van der Waals surface area contributed by atoms with Crippen molar-refractivity contribution in [3.63, 3.8) is 0 Å². The van der Waals surface area contributed by atoms with Crippen molar-refractivity contribution in [1.29, 1.82) is 0 Å². The van der Waals surface area contributed by atoms with Crippen molar-refractivity contribution in [2.24, 2.45) is 17.8 Å². The molecule has 2 aliphatic rings. The van der Waals surface area contributed by atoms with E-state index in [9.17, 15) is 0 Å². The predicted octanol–water partition coefficient (Wildman–Crippen LogP) is 1.68. The first-order valence-electron chi connectivity index (χ1n) is 6.26. The van der Waals surface area contributed by atoms with E-state index in [-0.39, 0.29) is 0 Å². The van der Waals surface area contributed by atoms with Gasteiger partial charge in [-0.2, -0.15) is 0 Å². The van der Waals surface area contributed by atoms with Crippen LogP contribution in [0, 0.1) is 17.8 Å². The van der Waals surface area contributed by atoms with Crippen molar-refractivity contribution < 1.29 is 0 Å².